The van der Waals surface area contributed by atoms with Crippen LogP contribution >= 0.6 is 0 Å². The highest BCUT2D eigenvalue weighted by atomic mass is 16.6. The van der Waals surface area contributed by atoms with Crippen LogP contribution in [0.4, 0.5) is 11.4 Å². The second kappa shape index (κ2) is 8.97. The van der Waals surface area contributed by atoms with Crippen molar-refractivity contribution >= 4 is 23.3 Å². The number of aliphatic hydroxyl groups is 1. The molecule has 0 aliphatic heterocycles. The number of esters is 1. The van der Waals surface area contributed by atoms with Gasteiger partial charge in [-0.1, -0.05) is 60.7 Å². The van der Waals surface area contributed by atoms with Crippen molar-refractivity contribution in [1.29, 1.82) is 0 Å². The van der Waals surface area contributed by atoms with Gasteiger partial charge in [-0.2, -0.15) is 0 Å². The van der Waals surface area contributed by atoms with Gasteiger partial charge in [0.25, 0.3) is 11.6 Å². The van der Waals surface area contributed by atoms with E-state index in [2.05, 4.69) is 5.32 Å². The monoisotopic (exact) mass is 406 g/mol. The van der Waals surface area contributed by atoms with Crippen molar-refractivity contribution in [3.8, 4) is 0 Å². The van der Waals surface area contributed by atoms with Crippen molar-refractivity contribution in [3.63, 3.8) is 0 Å². The van der Waals surface area contributed by atoms with Crippen LogP contribution in [-0.4, -0.2) is 28.5 Å². The van der Waals surface area contributed by atoms with E-state index in [9.17, 15) is 24.8 Å². The Morgan fingerprint density at radius 1 is 0.900 bits per heavy atom. The molecular formula is C22H18N2O6. The zero-order valence-electron chi connectivity index (χ0n) is 15.7. The highest BCUT2D eigenvalue weighted by Crippen LogP contribution is 2.31. The highest BCUT2D eigenvalue weighted by Gasteiger charge is 2.41. The van der Waals surface area contributed by atoms with Crippen LogP contribution in [0.15, 0.2) is 84.9 Å². The average Bonchev–Trinajstić information content (AvgIpc) is 2.78. The van der Waals surface area contributed by atoms with Crippen LogP contribution in [0.1, 0.15) is 11.1 Å². The molecule has 3 aromatic carbocycles. The summed E-state index contributed by atoms with van der Waals surface area (Å²) in [5.74, 6) is -1.65. The number of hydrogen-bond donors (Lipinski definition) is 2. The van der Waals surface area contributed by atoms with E-state index in [1.54, 1.807) is 60.7 Å². The fourth-order valence-corrected chi connectivity index (χ4v) is 2.86. The lowest BCUT2D eigenvalue weighted by Gasteiger charge is -2.26. The van der Waals surface area contributed by atoms with Gasteiger partial charge in [-0.25, -0.2) is 4.79 Å². The highest BCUT2D eigenvalue weighted by molar-refractivity contribution is 5.94. The van der Waals surface area contributed by atoms with Crippen LogP contribution in [0.3, 0.4) is 0 Å². The molecule has 0 saturated carbocycles. The predicted molar refractivity (Wildman–Crippen MR) is 109 cm³/mol. The van der Waals surface area contributed by atoms with Crippen molar-refractivity contribution in [2.45, 2.75) is 5.60 Å². The second-order valence-electron chi connectivity index (χ2n) is 6.37. The van der Waals surface area contributed by atoms with E-state index in [4.69, 9.17) is 4.74 Å². The molecule has 0 spiro atoms. The summed E-state index contributed by atoms with van der Waals surface area (Å²) in [4.78, 5) is 35.1. The number of nitro groups is 1. The molecule has 0 unspecified atom stereocenters. The number of nitrogens with zero attached hydrogens (tertiary/aromatic N) is 1. The number of ether oxygens (including phenoxy) is 1. The first-order chi connectivity index (χ1) is 14.4. The maximum absolute atomic E-state index is 12.8. The Hall–Kier alpha value is -4.04. The van der Waals surface area contributed by atoms with Crippen LogP contribution in [0.25, 0.3) is 0 Å². The van der Waals surface area contributed by atoms with Crippen LogP contribution in [0.2, 0.25) is 0 Å². The quantitative estimate of drug-likeness (QED) is 0.354. The molecule has 0 aromatic heterocycles. The van der Waals surface area contributed by atoms with E-state index in [1.165, 1.54) is 24.3 Å². The number of non-ortho nitro benzene ring substituents is 1. The molecule has 8 nitrogen and oxygen atoms in total. The molecule has 3 aromatic rings. The van der Waals surface area contributed by atoms with E-state index in [0.29, 0.717) is 16.8 Å². The van der Waals surface area contributed by atoms with Gasteiger partial charge in [0.1, 0.15) is 0 Å². The minimum atomic E-state index is -2.09. The van der Waals surface area contributed by atoms with Crippen molar-refractivity contribution in [2.75, 3.05) is 11.9 Å². The summed E-state index contributed by atoms with van der Waals surface area (Å²) in [6.45, 7) is -0.641. The van der Waals surface area contributed by atoms with Gasteiger partial charge in [0, 0.05) is 17.8 Å². The number of carbonyl (C=O) groups excluding carboxylic acids is 2. The Morgan fingerprint density at radius 3 is 1.87 bits per heavy atom. The van der Waals surface area contributed by atoms with Crippen molar-refractivity contribution < 1.29 is 24.4 Å². The molecule has 0 saturated heterocycles. The van der Waals surface area contributed by atoms with Crippen molar-refractivity contribution in [2.24, 2.45) is 0 Å². The molecule has 0 heterocycles. The van der Waals surface area contributed by atoms with Crippen LogP contribution in [0, 0.1) is 10.1 Å². The molecule has 0 bridgehead atoms. The van der Waals surface area contributed by atoms with E-state index < -0.39 is 29.0 Å². The van der Waals surface area contributed by atoms with Crippen molar-refractivity contribution in [1.82, 2.24) is 0 Å². The summed E-state index contributed by atoms with van der Waals surface area (Å²) < 4.78 is 5.10. The van der Waals surface area contributed by atoms with Gasteiger partial charge in [0.15, 0.2) is 6.61 Å². The molecule has 0 fully saturated rings. The number of benzene rings is 3. The van der Waals surface area contributed by atoms with Crippen LogP contribution < -0.4 is 5.32 Å². The fourth-order valence-electron chi connectivity index (χ4n) is 2.86. The van der Waals surface area contributed by atoms with E-state index in [1.807, 2.05) is 0 Å². The normalized spacial score (nSPS) is 10.8. The number of anilines is 1. The summed E-state index contributed by atoms with van der Waals surface area (Å²) in [6.07, 6.45) is 0. The molecule has 0 radical (unpaired) electrons. The van der Waals surface area contributed by atoms with Crippen molar-refractivity contribution in [3.05, 3.63) is 106 Å². The van der Waals surface area contributed by atoms with E-state index in [-0.39, 0.29) is 5.69 Å². The Bertz CT molecular complexity index is 997. The molecule has 2 N–H and O–H groups in total. The summed E-state index contributed by atoms with van der Waals surface area (Å²) in [5, 5.41) is 24.4. The fraction of sp³-hybridized carbons (Fsp3) is 0.0909. The lowest BCUT2D eigenvalue weighted by atomic mass is 9.86. The van der Waals surface area contributed by atoms with Crippen LogP contribution in [-0.2, 0) is 19.9 Å². The maximum atomic E-state index is 12.8. The summed E-state index contributed by atoms with van der Waals surface area (Å²) in [6, 6.07) is 21.8. The average molecular weight is 406 g/mol. The molecule has 0 aliphatic rings. The number of hydrogen-bond acceptors (Lipinski definition) is 6. The molecule has 30 heavy (non-hydrogen) atoms. The molecule has 152 valence electrons. The van der Waals surface area contributed by atoms with Gasteiger partial charge in [-0.05, 0) is 23.3 Å². The lowest BCUT2D eigenvalue weighted by Crippen LogP contribution is -2.39. The summed E-state index contributed by atoms with van der Waals surface area (Å²) >= 11 is 0. The third-order valence-electron chi connectivity index (χ3n) is 4.37. The Balaban J connectivity index is 1.72. The third kappa shape index (κ3) is 4.50. The molecule has 0 atom stereocenters. The standard InChI is InChI=1S/C22H18N2O6/c25-20(23-18-11-13-19(14-12-18)24(28)29)15-30-21(26)22(27,16-7-3-1-4-8-16)17-9-5-2-6-10-17/h1-14,27H,15H2,(H,23,25). The SMILES string of the molecule is O=C(COC(=O)C(O)(c1ccccc1)c1ccccc1)Nc1ccc([N+](=O)[O-])cc1. The zero-order chi connectivity index (χ0) is 21.6. The maximum Gasteiger partial charge on any atom is 0.348 e. The molecule has 1 amide bonds. The van der Waals surface area contributed by atoms with Gasteiger partial charge in [0.2, 0.25) is 5.60 Å². The first-order valence-corrected chi connectivity index (χ1v) is 8.96. The minimum absolute atomic E-state index is 0.116. The molecule has 0 aliphatic carbocycles. The number of amides is 1. The molecule has 8 heteroatoms. The predicted octanol–water partition coefficient (Wildman–Crippen LogP) is 3.01. The van der Waals surface area contributed by atoms with Gasteiger partial charge >= 0.3 is 5.97 Å². The largest absolute Gasteiger partial charge is 0.453 e. The third-order valence-corrected chi connectivity index (χ3v) is 4.37. The molecule has 3 rings (SSSR count). The van der Waals surface area contributed by atoms with Gasteiger partial charge < -0.3 is 15.2 Å². The second-order valence-corrected chi connectivity index (χ2v) is 6.37. The lowest BCUT2D eigenvalue weighted by molar-refractivity contribution is -0.384. The number of rotatable bonds is 7. The zero-order valence-corrected chi connectivity index (χ0v) is 15.7. The first-order valence-electron chi connectivity index (χ1n) is 8.96. The smallest absolute Gasteiger partial charge is 0.348 e. The number of carbonyl (C=O) groups is 2. The van der Waals surface area contributed by atoms with E-state index >= 15 is 0 Å². The first kappa shape index (κ1) is 20.7. The Kier molecular flexibility index (Phi) is 6.19. The van der Waals surface area contributed by atoms with Gasteiger partial charge in [0.05, 0.1) is 4.92 Å². The van der Waals surface area contributed by atoms with Crippen LogP contribution in [0.5, 0.6) is 0 Å². The Morgan fingerprint density at radius 2 is 1.40 bits per heavy atom. The van der Waals surface area contributed by atoms with Gasteiger partial charge in [-0.3, -0.25) is 14.9 Å². The van der Waals surface area contributed by atoms with Gasteiger partial charge in [-0.15, -0.1) is 0 Å². The summed E-state index contributed by atoms with van der Waals surface area (Å²) in [5.41, 5.74) is -1.29. The number of nitrogens with one attached hydrogen (secondary N) is 1. The van der Waals surface area contributed by atoms with E-state index in [0.717, 1.165) is 0 Å². The topological polar surface area (TPSA) is 119 Å². The summed E-state index contributed by atoms with van der Waals surface area (Å²) in [7, 11) is 0. The number of nitro benzene ring substituents is 1. The minimum Gasteiger partial charge on any atom is -0.453 e. The Labute approximate surface area is 171 Å². The molecular weight excluding hydrogens is 388 g/mol.